The number of nitro groups is 1. The lowest BCUT2D eigenvalue weighted by Gasteiger charge is -2.52. The summed E-state index contributed by atoms with van der Waals surface area (Å²) < 4.78 is 28.3. The van der Waals surface area contributed by atoms with Gasteiger partial charge in [0.2, 0.25) is 0 Å². The van der Waals surface area contributed by atoms with Crippen molar-refractivity contribution in [3.05, 3.63) is 45.5 Å². The first kappa shape index (κ1) is 26.9. The number of epoxide rings is 2. The number of ether oxygens (including phenoxy) is 5. The zero-order chi connectivity index (χ0) is 28.4. The Morgan fingerprint density at radius 3 is 2.62 bits per heavy atom. The van der Waals surface area contributed by atoms with Gasteiger partial charge < -0.3 is 28.8 Å². The SMILES string of the molecule is CC12CCC3=C(COC3=O)C1CC1OC13C(=O)C(CCCOC(=O)Oc1ccc([N+](=O)[O-])cc1)CC1OC123.CO. The standard InChI is InChI=1S/C27H27NO10.CH4O/c1-25-9-8-17-18(13-35-23(17)30)19(25)12-20-26(37-20)22(29)14(11-21-27(25,26)38-21)3-2-10-34-24(31)36-16-6-4-15(5-7-16)28(32)33;1-2/h4-7,14,19-21H,2-3,8-13H2,1H3;2H,1H3. The van der Waals surface area contributed by atoms with E-state index in [1.54, 1.807) is 0 Å². The van der Waals surface area contributed by atoms with Crippen LogP contribution in [-0.4, -0.2) is 71.7 Å². The van der Waals surface area contributed by atoms with Crippen molar-refractivity contribution in [1.82, 2.24) is 0 Å². The van der Waals surface area contributed by atoms with Gasteiger partial charge in [-0.1, -0.05) is 6.92 Å². The largest absolute Gasteiger partial charge is 0.513 e. The summed E-state index contributed by atoms with van der Waals surface area (Å²) in [5, 5.41) is 17.7. The van der Waals surface area contributed by atoms with E-state index < -0.39 is 22.3 Å². The number of fused-ring (bicyclic) bond motifs is 2. The number of non-ortho nitro benzene ring substituents is 1. The third kappa shape index (κ3) is 3.58. The molecule has 7 atom stereocenters. The first-order chi connectivity index (χ1) is 19.2. The molecule has 2 spiro atoms. The van der Waals surface area contributed by atoms with Gasteiger partial charge in [0.05, 0.1) is 23.7 Å². The van der Waals surface area contributed by atoms with Gasteiger partial charge in [-0.15, -0.1) is 0 Å². The van der Waals surface area contributed by atoms with Crippen molar-refractivity contribution in [1.29, 1.82) is 0 Å². The number of nitrogens with zero attached hydrogens (tertiary/aromatic N) is 1. The highest BCUT2D eigenvalue weighted by Crippen LogP contribution is 2.78. The topological polar surface area (TPSA) is 167 Å². The summed E-state index contributed by atoms with van der Waals surface area (Å²) in [5.74, 6) is -0.111. The van der Waals surface area contributed by atoms with Gasteiger partial charge in [-0.05, 0) is 62.1 Å². The molecule has 3 aliphatic heterocycles. The fourth-order valence-electron chi connectivity index (χ4n) is 7.98. The van der Waals surface area contributed by atoms with Crippen LogP contribution < -0.4 is 4.74 Å². The highest BCUT2D eigenvalue weighted by Gasteiger charge is 2.93. The Morgan fingerprint density at radius 1 is 1.15 bits per heavy atom. The summed E-state index contributed by atoms with van der Waals surface area (Å²) in [5.41, 5.74) is -0.0732. The molecule has 2 saturated heterocycles. The molecule has 0 bridgehead atoms. The third-order valence-electron chi connectivity index (χ3n) is 9.78. The second-order valence-corrected chi connectivity index (χ2v) is 11.4. The van der Waals surface area contributed by atoms with Crippen LogP contribution in [-0.2, 0) is 28.5 Å². The molecule has 12 nitrogen and oxygen atoms in total. The number of benzene rings is 1. The predicted octanol–water partition coefficient (Wildman–Crippen LogP) is 3.04. The summed E-state index contributed by atoms with van der Waals surface area (Å²) in [7, 11) is 1.00. The number of hydrogen-bond acceptors (Lipinski definition) is 11. The minimum atomic E-state index is -0.914. The van der Waals surface area contributed by atoms with E-state index in [0.717, 1.165) is 24.7 Å². The van der Waals surface area contributed by atoms with Crippen molar-refractivity contribution >= 4 is 23.6 Å². The summed E-state index contributed by atoms with van der Waals surface area (Å²) in [6.07, 6.45) is 2.53. The molecule has 4 fully saturated rings. The molecule has 214 valence electrons. The number of aliphatic hydroxyl groups excluding tert-OH is 1. The molecular formula is C28H31NO11. The number of ketones is 1. The Morgan fingerprint density at radius 2 is 1.90 bits per heavy atom. The summed E-state index contributed by atoms with van der Waals surface area (Å²) in [6.45, 7) is 2.61. The van der Waals surface area contributed by atoms with Crippen LogP contribution in [0.1, 0.15) is 45.4 Å². The Labute approximate surface area is 229 Å². The number of rotatable bonds is 6. The molecule has 3 heterocycles. The molecule has 0 amide bonds. The van der Waals surface area contributed by atoms with Crippen LogP contribution in [0.2, 0.25) is 0 Å². The first-order valence-corrected chi connectivity index (χ1v) is 13.5. The second kappa shape index (κ2) is 9.35. The fourth-order valence-corrected chi connectivity index (χ4v) is 7.98. The lowest BCUT2D eigenvalue weighted by atomic mass is 9.47. The molecule has 2 saturated carbocycles. The molecule has 0 aromatic heterocycles. The smallest absolute Gasteiger partial charge is 0.458 e. The number of aliphatic hydroxyl groups is 1. The zero-order valence-corrected chi connectivity index (χ0v) is 22.3. The summed E-state index contributed by atoms with van der Waals surface area (Å²) in [6, 6.07) is 5.12. The molecule has 1 aromatic carbocycles. The number of hydrogen-bond donors (Lipinski definition) is 1. The molecule has 6 aliphatic rings. The number of Topliss-reactive ketones (excluding diaryl/α,β-unsaturated/α-hetero) is 1. The van der Waals surface area contributed by atoms with E-state index in [0.29, 0.717) is 38.7 Å². The Balaban J connectivity index is 0.00000142. The van der Waals surface area contributed by atoms with Gasteiger partial charge in [0.15, 0.2) is 11.4 Å². The number of carbonyl (C=O) groups is 3. The fraction of sp³-hybridized carbons (Fsp3) is 0.607. The van der Waals surface area contributed by atoms with Crippen LogP contribution in [0.25, 0.3) is 0 Å². The van der Waals surface area contributed by atoms with Gasteiger partial charge in [0.1, 0.15) is 18.0 Å². The monoisotopic (exact) mass is 557 g/mol. The third-order valence-corrected chi connectivity index (χ3v) is 9.78. The minimum Gasteiger partial charge on any atom is -0.458 e. The summed E-state index contributed by atoms with van der Waals surface area (Å²) in [4.78, 5) is 48.2. The lowest BCUT2D eigenvalue weighted by Crippen LogP contribution is -2.64. The first-order valence-electron chi connectivity index (χ1n) is 13.5. The van der Waals surface area contributed by atoms with Gasteiger partial charge in [0.25, 0.3) is 5.69 Å². The maximum atomic E-state index is 13.8. The van der Waals surface area contributed by atoms with E-state index in [4.69, 9.17) is 28.8 Å². The number of cyclic esters (lactones) is 1. The Bertz CT molecular complexity index is 1310. The van der Waals surface area contributed by atoms with Crippen LogP contribution in [0, 0.1) is 27.4 Å². The van der Waals surface area contributed by atoms with E-state index in [-0.39, 0.29) is 59.3 Å². The van der Waals surface area contributed by atoms with Crippen molar-refractivity contribution < 1.29 is 48.1 Å². The van der Waals surface area contributed by atoms with E-state index in [9.17, 15) is 24.5 Å². The molecule has 40 heavy (non-hydrogen) atoms. The molecule has 1 aromatic rings. The highest BCUT2D eigenvalue weighted by atomic mass is 16.7. The van der Waals surface area contributed by atoms with Crippen molar-refractivity contribution in [3.63, 3.8) is 0 Å². The summed E-state index contributed by atoms with van der Waals surface area (Å²) >= 11 is 0. The van der Waals surface area contributed by atoms with Crippen molar-refractivity contribution in [2.75, 3.05) is 20.3 Å². The van der Waals surface area contributed by atoms with Crippen molar-refractivity contribution in [2.45, 2.75) is 68.9 Å². The number of nitro benzene ring substituents is 1. The van der Waals surface area contributed by atoms with Crippen LogP contribution in [0.4, 0.5) is 10.5 Å². The maximum absolute atomic E-state index is 13.8. The Hall–Kier alpha value is -3.35. The Kier molecular flexibility index (Phi) is 6.28. The molecule has 3 aliphatic carbocycles. The van der Waals surface area contributed by atoms with Gasteiger partial charge in [-0.2, -0.15) is 0 Å². The van der Waals surface area contributed by atoms with Crippen molar-refractivity contribution in [2.24, 2.45) is 17.3 Å². The average Bonchev–Trinajstić information content (AvgIpc) is 3.83. The number of carbonyl (C=O) groups excluding carboxylic acids is 3. The normalized spacial score (nSPS) is 37.8. The van der Waals surface area contributed by atoms with Gasteiger partial charge >= 0.3 is 12.1 Å². The van der Waals surface area contributed by atoms with E-state index in [2.05, 4.69) is 6.92 Å². The minimum absolute atomic E-state index is 0.0730. The zero-order valence-electron chi connectivity index (χ0n) is 22.3. The van der Waals surface area contributed by atoms with Crippen LogP contribution in [0.3, 0.4) is 0 Å². The van der Waals surface area contributed by atoms with E-state index in [1.807, 2.05) is 0 Å². The number of esters is 1. The second-order valence-electron chi connectivity index (χ2n) is 11.4. The quantitative estimate of drug-likeness (QED) is 0.136. The molecule has 0 radical (unpaired) electrons. The molecular weight excluding hydrogens is 526 g/mol. The molecule has 1 N–H and O–H groups in total. The molecule has 7 rings (SSSR count). The lowest BCUT2D eigenvalue weighted by molar-refractivity contribution is -0.384. The predicted molar refractivity (Wildman–Crippen MR) is 134 cm³/mol. The molecule has 7 unspecified atom stereocenters. The van der Waals surface area contributed by atoms with Gasteiger partial charge in [-0.3, -0.25) is 14.9 Å². The van der Waals surface area contributed by atoms with Crippen LogP contribution >= 0.6 is 0 Å². The maximum Gasteiger partial charge on any atom is 0.513 e. The van der Waals surface area contributed by atoms with Crippen LogP contribution in [0.15, 0.2) is 35.4 Å². The van der Waals surface area contributed by atoms with Crippen LogP contribution in [0.5, 0.6) is 5.75 Å². The average molecular weight is 558 g/mol. The van der Waals surface area contributed by atoms with E-state index >= 15 is 0 Å². The van der Waals surface area contributed by atoms with Crippen molar-refractivity contribution in [3.8, 4) is 5.75 Å². The highest BCUT2D eigenvalue weighted by molar-refractivity contribution is 5.97. The van der Waals surface area contributed by atoms with E-state index in [1.165, 1.54) is 24.3 Å². The van der Waals surface area contributed by atoms with Gasteiger partial charge in [-0.25, -0.2) is 9.59 Å². The molecule has 12 heteroatoms. The van der Waals surface area contributed by atoms with Gasteiger partial charge in [0, 0.05) is 36.1 Å².